The Morgan fingerprint density at radius 3 is 2.52 bits per heavy atom. The van der Waals surface area contributed by atoms with E-state index in [1.807, 2.05) is 0 Å². The van der Waals surface area contributed by atoms with E-state index in [-0.39, 0.29) is 17.4 Å². The summed E-state index contributed by atoms with van der Waals surface area (Å²) in [5, 5.41) is 16.8. The van der Waals surface area contributed by atoms with Crippen LogP contribution >= 0.6 is 0 Å². The van der Waals surface area contributed by atoms with Crippen LogP contribution in [0.15, 0.2) is 24.3 Å². The molecule has 0 saturated carbocycles. The SMILES string of the molecule is O=C(NC(=O)C1CCNCC1)C(=O)Nc1cccc(O)c1. The number of benzene rings is 1. The molecule has 2 rings (SSSR count). The summed E-state index contributed by atoms with van der Waals surface area (Å²) < 4.78 is 0. The number of piperidine rings is 1. The lowest BCUT2D eigenvalue weighted by molar-refractivity contribution is -0.141. The molecule has 1 aromatic carbocycles. The van der Waals surface area contributed by atoms with E-state index in [2.05, 4.69) is 16.0 Å². The first kappa shape index (κ1) is 15.0. The van der Waals surface area contributed by atoms with Crippen molar-refractivity contribution < 1.29 is 19.5 Å². The van der Waals surface area contributed by atoms with Crippen LogP contribution in [0.1, 0.15) is 12.8 Å². The average Bonchev–Trinajstić information content (AvgIpc) is 2.48. The number of anilines is 1. The predicted molar refractivity (Wildman–Crippen MR) is 75.5 cm³/mol. The van der Waals surface area contributed by atoms with Crippen molar-refractivity contribution in [3.63, 3.8) is 0 Å². The van der Waals surface area contributed by atoms with E-state index in [1.54, 1.807) is 0 Å². The van der Waals surface area contributed by atoms with Crippen molar-refractivity contribution in [2.24, 2.45) is 5.92 Å². The second-order valence-corrected chi connectivity index (χ2v) is 4.85. The number of carbonyl (C=O) groups excluding carboxylic acids is 3. The summed E-state index contributed by atoms with van der Waals surface area (Å²) in [4.78, 5) is 35.2. The van der Waals surface area contributed by atoms with Crippen molar-refractivity contribution in [2.45, 2.75) is 12.8 Å². The van der Waals surface area contributed by atoms with Crippen LogP contribution in [-0.2, 0) is 14.4 Å². The Labute approximate surface area is 121 Å². The number of aromatic hydroxyl groups is 1. The third kappa shape index (κ3) is 4.28. The number of phenols is 1. The normalized spacial score (nSPS) is 15.2. The minimum atomic E-state index is -0.998. The van der Waals surface area contributed by atoms with E-state index >= 15 is 0 Å². The first-order valence-corrected chi connectivity index (χ1v) is 6.72. The Morgan fingerprint density at radius 1 is 1.14 bits per heavy atom. The topological polar surface area (TPSA) is 108 Å². The summed E-state index contributed by atoms with van der Waals surface area (Å²) in [6, 6.07) is 5.80. The molecule has 0 unspecified atom stereocenters. The molecule has 0 aromatic heterocycles. The summed E-state index contributed by atoms with van der Waals surface area (Å²) in [7, 11) is 0. The molecule has 0 atom stereocenters. The van der Waals surface area contributed by atoms with Gasteiger partial charge < -0.3 is 15.7 Å². The predicted octanol–water partition coefficient (Wildman–Crippen LogP) is -0.0269. The molecule has 4 N–H and O–H groups in total. The number of carbonyl (C=O) groups is 3. The van der Waals surface area contributed by atoms with E-state index in [0.29, 0.717) is 12.8 Å². The van der Waals surface area contributed by atoms with Gasteiger partial charge in [0.25, 0.3) is 0 Å². The molecule has 21 heavy (non-hydrogen) atoms. The Kier molecular flexibility index (Phi) is 4.89. The third-order valence-electron chi connectivity index (χ3n) is 3.26. The molecule has 0 bridgehead atoms. The average molecular weight is 291 g/mol. The second kappa shape index (κ2) is 6.85. The van der Waals surface area contributed by atoms with E-state index in [0.717, 1.165) is 13.1 Å². The number of hydrogen-bond acceptors (Lipinski definition) is 5. The fourth-order valence-electron chi connectivity index (χ4n) is 2.13. The number of rotatable bonds is 2. The van der Waals surface area contributed by atoms with Gasteiger partial charge in [0.05, 0.1) is 0 Å². The van der Waals surface area contributed by atoms with Crippen LogP contribution in [0, 0.1) is 5.92 Å². The summed E-state index contributed by atoms with van der Waals surface area (Å²) in [5.41, 5.74) is 0.282. The molecular formula is C14H17N3O4. The van der Waals surface area contributed by atoms with Gasteiger partial charge in [-0.3, -0.25) is 19.7 Å². The standard InChI is InChI=1S/C14H17N3O4/c18-11-3-1-2-10(8-11)16-13(20)14(21)17-12(19)9-4-6-15-7-5-9/h1-3,8-9,15,18H,4-7H2,(H,16,20)(H,17,19,21). The number of amides is 3. The fourth-order valence-corrected chi connectivity index (χ4v) is 2.13. The van der Waals surface area contributed by atoms with Gasteiger partial charge in [-0.2, -0.15) is 0 Å². The minimum absolute atomic E-state index is 0.0287. The van der Waals surface area contributed by atoms with Crippen LogP contribution in [0.5, 0.6) is 5.75 Å². The zero-order valence-corrected chi connectivity index (χ0v) is 11.4. The molecule has 1 fully saturated rings. The summed E-state index contributed by atoms with van der Waals surface area (Å²) in [6.45, 7) is 1.45. The number of imide groups is 1. The van der Waals surface area contributed by atoms with Crippen LogP contribution < -0.4 is 16.0 Å². The van der Waals surface area contributed by atoms with Crippen molar-refractivity contribution in [3.8, 4) is 5.75 Å². The quantitative estimate of drug-likeness (QED) is 0.573. The fraction of sp³-hybridized carbons (Fsp3) is 0.357. The van der Waals surface area contributed by atoms with Crippen LogP contribution in [0.2, 0.25) is 0 Å². The van der Waals surface area contributed by atoms with Crippen LogP contribution in [0.4, 0.5) is 5.69 Å². The maximum absolute atomic E-state index is 11.8. The molecule has 112 valence electrons. The molecule has 7 nitrogen and oxygen atoms in total. The largest absolute Gasteiger partial charge is 0.508 e. The van der Waals surface area contributed by atoms with Gasteiger partial charge in [0.2, 0.25) is 5.91 Å². The number of hydrogen-bond donors (Lipinski definition) is 4. The van der Waals surface area contributed by atoms with Gasteiger partial charge >= 0.3 is 11.8 Å². The number of phenolic OH excluding ortho intramolecular Hbond substituents is 1. The van der Waals surface area contributed by atoms with Gasteiger partial charge in [0, 0.05) is 17.7 Å². The lowest BCUT2D eigenvalue weighted by Crippen LogP contribution is -2.44. The maximum Gasteiger partial charge on any atom is 0.316 e. The molecule has 0 radical (unpaired) electrons. The van der Waals surface area contributed by atoms with Gasteiger partial charge in [0.1, 0.15) is 5.75 Å². The first-order valence-electron chi connectivity index (χ1n) is 6.72. The van der Waals surface area contributed by atoms with Crippen LogP contribution in [0.25, 0.3) is 0 Å². The van der Waals surface area contributed by atoms with Crippen molar-refractivity contribution in [3.05, 3.63) is 24.3 Å². The highest BCUT2D eigenvalue weighted by Crippen LogP contribution is 2.15. The molecule has 1 heterocycles. The van der Waals surface area contributed by atoms with Crippen molar-refractivity contribution >= 4 is 23.4 Å². The molecule has 0 aliphatic carbocycles. The second-order valence-electron chi connectivity index (χ2n) is 4.85. The van der Waals surface area contributed by atoms with Crippen molar-refractivity contribution in [2.75, 3.05) is 18.4 Å². The Hall–Kier alpha value is -2.41. The molecule has 1 aliphatic rings. The van der Waals surface area contributed by atoms with Crippen molar-refractivity contribution in [1.82, 2.24) is 10.6 Å². The highest BCUT2D eigenvalue weighted by Gasteiger charge is 2.25. The Bertz CT molecular complexity index is 553. The summed E-state index contributed by atoms with van der Waals surface area (Å²) in [6.07, 6.45) is 1.29. The summed E-state index contributed by atoms with van der Waals surface area (Å²) >= 11 is 0. The van der Waals surface area contributed by atoms with Crippen LogP contribution in [0.3, 0.4) is 0 Å². The highest BCUT2D eigenvalue weighted by molar-refractivity contribution is 6.41. The molecule has 1 saturated heterocycles. The molecule has 3 amide bonds. The molecule has 1 aliphatic heterocycles. The highest BCUT2D eigenvalue weighted by atomic mass is 16.3. The van der Waals surface area contributed by atoms with Gasteiger partial charge in [-0.25, -0.2) is 0 Å². The maximum atomic E-state index is 11.8. The smallest absolute Gasteiger partial charge is 0.316 e. The zero-order chi connectivity index (χ0) is 15.2. The third-order valence-corrected chi connectivity index (χ3v) is 3.26. The number of nitrogens with one attached hydrogen (secondary N) is 3. The lowest BCUT2D eigenvalue weighted by Gasteiger charge is -2.21. The monoisotopic (exact) mass is 291 g/mol. The van der Waals surface area contributed by atoms with Gasteiger partial charge in [-0.15, -0.1) is 0 Å². The lowest BCUT2D eigenvalue weighted by atomic mass is 9.97. The van der Waals surface area contributed by atoms with Gasteiger partial charge in [-0.1, -0.05) is 6.07 Å². The van der Waals surface area contributed by atoms with E-state index < -0.39 is 17.7 Å². The van der Waals surface area contributed by atoms with Crippen molar-refractivity contribution in [1.29, 1.82) is 0 Å². The zero-order valence-electron chi connectivity index (χ0n) is 11.4. The minimum Gasteiger partial charge on any atom is -0.508 e. The Morgan fingerprint density at radius 2 is 1.86 bits per heavy atom. The first-order chi connectivity index (χ1) is 10.1. The van der Waals surface area contributed by atoms with Gasteiger partial charge in [-0.05, 0) is 38.1 Å². The molecule has 1 aromatic rings. The van der Waals surface area contributed by atoms with E-state index in [4.69, 9.17) is 0 Å². The van der Waals surface area contributed by atoms with E-state index in [9.17, 15) is 19.5 Å². The van der Waals surface area contributed by atoms with E-state index in [1.165, 1.54) is 24.3 Å². The molecule has 0 spiro atoms. The summed E-state index contributed by atoms with van der Waals surface area (Å²) in [5.74, 6) is -2.64. The van der Waals surface area contributed by atoms with Crippen LogP contribution in [-0.4, -0.2) is 35.9 Å². The molecular weight excluding hydrogens is 274 g/mol. The molecule has 7 heteroatoms. The van der Waals surface area contributed by atoms with Gasteiger partial charge in [0.15, 0.2) is 0 Å². The Balaban J connectivity index is 1.87.